The van der Waals surface area contributed by atoms with Crippen LogP contribution in [-0.2, 0) is 0 Å². The molecule has 0 aromatic heterocycles. The van der Waals surface area contributed by atoms with Gasteiger partial charge in [-0.1, -0.05) is 45.7 Å². The molecule has 0 spiro atoms. The van der Waals surface area contributed by atoms with E-state index in [1.807, 2.05) is 12.1 Å². The van der Waals surface area contributed by atoms with Crippen LogP contribution >= 0.6 is 27.5 Å². The Morgan fingerprint density at radius 1 is 1.30 bits per heavy atom. The Hall–Kier alpha value is -1.83. The average molecular weight is 351 g/mol. The quantitative estimate of drug-likeness (QED) is 0.775. The maximum absolute atomic E-state index is 12.0. The monoisotopic (exact) mass is 349 g/mol. The lowest BCUT2D eigenvalue weighted by molar-refractivity contribution is 0.0921. The molecule has 3 nitrogen and oxygen atoms in total. The molecule has 20 heavy (non-hydrogen) atoms. The topological polar surface area (TPSA) is 50.1 Å². The molecule has 0 unspecified atom stereocenters. The van der Waals surface area contributed by atoms with Crippen molar-refractivity contribution in [2.45, 2.75) is 0 Å². The molecule has 0 saturated carbocycles. The lowest BCUT2D eigenvalue weighted by Crippen LogP contribution is -2.12. The van der Waals surface area contributed by atoms with E-state index in [1.165, 1.54) is 6.07 Å². The highest BCUT2D eigenvalue weighted by Gasteiger charge is 2.11. The number of benzene rings is 2. The Morgan fingerprint density at radius 2 is 2.05 bits per heavy atom. The fraction of sp³-hybridized carbons (Fsp3) is 0.0667. The molecule has 0 aliphatic heterocycles. The van der Waals surface area contributed by atoms with Crippen LogP contribution in [0.4, 0.5) is 0 Å². The van der Waals surface area contributed by atoms with Gasteiger partial charge >= 0.3 is 0 Å². The predicted molar refractivity (Wildman–Crippen MR) is 80.1 cm³/mol. The minimum atomic E-state index is -0.155. The number of ketones is 1. The second-order valence-corrected chi connectivity index (χ2v) is 5.21. The smallest absolute Gasteiger partial charge is 0.201 e. The maximum atomic E-state index is 12.0. The second kappa shape index (κ2) is 6.56. The van der Waals surface area contributed by atoms with Crippen molar-refractivity contribution >= 4 is 33.3 Å². The van der Waals surface area contributed by atoms with Crippen LogP contribution in [0, 0.1) is 11.3 Å². The van der Waals surface area contributed by atoms with Crippen molar-refractivity contribution in [3.8, 4) is 11.8 Å². The van der Waals surface area contributed by atoms with Gasteiger partial charge in [0.1, 0.15) is 5.75 Å². The van der Waals surface area contributed by atoms with Gasteiger partial charge in [-0.2, -0.15) is 5.26 Å². The first-order chi connectivity index (χ1) is 9.61. The molecular weight excluding hydrogens is 342 g/mol. The Morgan fingerprint density at radius 3 is 2.70 bits per heavy atom. The number of halogens is 2. The highest BCUT2D eigenvalue weighted by atomic mass is 79.9. The van der Waals surface area contributed by atoms with E-state index in [4.69, 9.17) is 21.6 Å². The number of nitriles is 1. The molecule has 0 aliphatic rings. The van der Waals surface area contributed by atoms with Gasteiger partial charge in [0.25, 0.3) is 0 Å². The van der Waals surface area contributed by atoms with Crippen LogP contribution in [0.5, 0.6) is 5.75 Å². The van der Waals surface area contributed by atoms with Crippen molar-refractivity contribution < 1.29 is 9.53 Å². The van der Waals surface area contributed by atoms with Gasteiger partial charge in [-0.05, 0) is 24.3 Å². The Balaban J connectivity index is 2.08. The molecule has 0 fully saturated rings. The van der Waals surface area contributed by atoms with Gasteiger partial charge in [0.05, 0.1) is 16.7 Å². The molecule has 5 heteroatoms. The summed E-state index contributed by atoms with van der Waals surface area (Å²) in [5.41, 5.74) is 0.997. The molecule has 0 N–H and O–H groups in total. The van der Waals surface area contributed by atoms with Crippen molar-refractivity contribution in [1.82, 2.24) is 0 Å². The van der Waals surface area contributed by atoms with Gasteiger partial charge in [0.2, 0.25) is 5.78 Å². The zero-order chi connectivity index (χ0) is 14.5. The Kier molecular flexibility index (Phi) is 4.78. The summed E-state index contributed by atoms with van der Waals surface area (Å²) < 4.78 is 6.12. The van der Waals surface area contributed by atoms with Gasteiger partial charge in [-0.25, -0.2) is 0 Å². The maximum Gasteiger partial charge on any atom is 0.201 e. The van der Waals surface area contributed by atoms with Crippen molar-refractivity contribution in [1.29, 1.82) is 5.26 Å². The summed E-state index contributed by atoms with van der Waals surface area (Å²) in [6.45, 7) is -0.117. The first-order valence-corrected chi connectivity index (χ1v) is 6.89. The van der Waals surface area contributed by atoms with Crippen LogP contribution in [0.15, 0.2) is 46.9 Å². The first-order valence-electron chi connectivity index (χ1n) is 5.72. The van der Waals surface area contributed by atoms with E-state index < -0.39 is 0 Å². The molecule has 2 aromatic rings. The standard InChI is InChI=1S/C15H9BrClNO2/c16-12-4-2-1-3-11(12)14(19)9-20-15-6-5-10(8-18)7-13(15)17/h1-7H,9H2. The van der Waals surface area contributed by atoms with Crippen LogP contribution in [-0.4, -0.2) is 12.4 Å². The van der Waals surface area contributed by atoms with E-state index in [-0.39, 0.29) is 12.4 Å². The zero-order valence-corrected chi connectivity index (χ0v) is 12.6. The largest absolute Gasteiger partial charge is 0.484 e. The second-order valence-electron chi connectivity index (χ2n) is 3.95. The molecular formula is C15H9BrClNO2. The van der Waals surface area contributed by atoms with Crippen molar-refractivity contribution in [3.05, 3.63) is 63.1 Å². The van der Waals surface area contributed by atoms with Crippen molar-refractivity contribution in [2.75, 3.05) is 6.61 Å². The number of nitrogens with zero attached hydrogens (tertiary/aromatic N) is 1. The van der Waals surface area contributed by atoms with Crippen LogP contribution in [0.3, 0.4) is 0 Å². The SMILES string of the molecule is N#Cc1ccc(OCC(=O)c2ccccc2Br)c(Cl)c1. The van der Waals surface area contributed by atoms with Gasteiger partial charge in [0.15, 0.2) is 6.61 Å². The molecule has 0 saturated heterocycles. The van der Waals surface area contributed by atoms with Crippen molar-refractivity contribution in [2.24, 2.45) is 0 Å². The lowest BCUT2D eigenvalue weighted by atomic mass is 10.1. The molecule has 2 rings (SSSR count). The number of Topliss-reactive ketones (excluding diaryl/α,β-unsaturated/α-hetero) is 1. The minimum Gasteiger partial charge on any atom is -0.484 e. The first kappa shape index (κ1) is 14.6. The predicted octanol–water partition coefficient (Wildman–Crippen LogP) is 4.24. The van der Waals surface area contributed by atoms with Gasteiger partial charge < -0.3 is 4.74 Å². The third-order valence-corrected chi connectivity index (χ3v) is 3.58. The van der Waals surface area contributed by atoms with Crippen LogP contribution < -0.4 is 4.74 Å². The fourth-order valence-corrected chi connectivity index (χ4v) is 2.34. The summed E-state index contributed by atoms with van der Waals surface area (Å²) >= 11 is 9.29. The summed E-state index contributed by atoms with van der Waals surface area (Å²) in [5, 5.41) is 9.05. The summed E-state index contributed by atoms with van der Waals surface area (Å²) in [4.78, 5) is 12.0. The molecule has 0 radical (unpaired) electrons. The molecule has 0 atom stereocenters. The normalized spacial score (nSPS) is 9.85. The number of hydrogen-bond acceptors (Lipinski definition) is 3. The van der Waals surface area contributed by atoms with E-state index >= 15 is 0 Å². The summed E-state index contributed by atoms with van der Waals surface area (Å²) in [7, 11) is 0. The van der Waals surface area contributed by atoms with E-state index in [0.717, 1.165) is 4.47 Å². The molecule has 0 heterocycles. The molecule has 100 valence electrons. The highest BCUT2D eigenvalue weighted by Crippen LogP contribution is 2.25. The summed E-state index contributed by atoms with van der Waals surface area (Å²) in [6, 6.07) is 13.8. The van der Waals surface area contributed by atoms with E-state index in [2.05, 4.69) is 15.9 Å². The minimum absolute atomic E-state index is 0.117. The van der Waals surface area contributed by atoms with Crippen molar-refractivity contribution in [3.63, 3.8) is 0 Å². The zero-order valence-electron chi connectivity index (χ0n) is 10.3. The van der Waals surface area contributed by atoms with E-state index in [0.29, 0.717) is 21.9 Å². The third kappa shape index (κ3) is 3.38. The number of rotatable bonds is 4. The number of carbonyl (C=O) groups excluding carboxylic acids is 1. The van der Waals surface area contributed by atoms with Gasteiger partial charge in [-0.3, -0.25) is 4.79 Å². The highest BCUT2D eigenvalue weighted by molar-refractivity contribution is 9.10. The fourth-order valence-electron chi connectivity index (χ4n) is 1.60. The van der Waals surface area contributed by atoms with Gasteiger partial charge in [-0.15, -0.1) is 0 Å². The molecule has 0 bridgehead atoms. The molecule has 0 amide bonds. The van der Waals surface area contributed by atoms with Crippen LogP contribution in [0.1, 0.15) is 15.9 Å². The van der Waals surface area contributed by atoms with Crippen LogP contribution in [0.2, 0.25) is 5.02 Å². The summed E-state index contributed by atoms with van der Waals surface area (Å²) in [5.74, 6) is 0.226. The number of ether oxygens (including phenoxy) is 1. The van der Waals surface area contributed by atoms with Gasteiger partial charge in [0, 0.05) is 10.0 Å². The summed E-state index contributed by atoms with van der Waals surface area (Å²) in [6.07, 6.45) is 0. The lowest BCUT2D eigenvalue weighted by Gasteiger charge is -2.08. The van der Waals surface area contributed by atoms with E-state index in [1.54, 1.807) is 30.3 Å². The van der Waals surface area contributed by atoms with E-state index in [9.17, 15) is 4.79 Å². The van der Waals surface area contributed by atoms with Crippen LogP contribution in [0.25, 0.3) is 0 Å². The average Bonchev–Trinajstić information content (AvgIpc) is 2.46. The number of hydrogen-bond donors (Lipinski definition) is 0. The Bertz CT molecular complexity index is 695. The third-order valence-electron chi connectivity index (χ3n) is 2.59. The Labute approximate surface area is 129 Å². The molecule has 2 aromatic carbocycles. The number of carbonyl (C=O) groups is 1. The molecule has 0 aliphatic carbocycles.